The highest BCUT2D eigenvalue weighted by Gasteiger charge is 2.33. The highest BCUT2D eigenvalue weighted by Crippen LogP contribution is 2.31. The van der Waals surface area contributed by atoms with E-state index in [9.17, 15) is 16.8 Å². The van der Waals surface area contributed by atoms with E-state index in [1.54, 1.807) is 57.1 Å². The molecule has 2 aromatic carbocycles. The number of benzene rings is 2. The van der Waals surface area contributed by atoms with Crippen molar-refractivity contribution in [2.45, 2.75) is 87.1 Å². The molecule has 7 nitrogen and oxygen atoms in total. The van der Waals surface area contributed by atoms with Crippen LogP contribution in [0.2, 0.25) is 0 Å². The summed E-state index contributed by atoms with van der Waals surface area (Å²) < 4.78 is 61.8. The third kappa shape index (κ3) is 5.58. The zero-order chi connectivity index (χ0) is 25.1. The molecule has 0 bridgehead atoms. The molecule has 0 radical (unpaired) electrons. The summed E-state index contributed by atoms with van der Waals surface area (Å²) in [6.07, 6.45) is 7.33. The van der Waals surface area contributed by atoms with Gasteiger partial charge in [-0.2, -0.15) is 8.61 Å². The van der Waals surface area contributed by atoms with Gasteiger partial charge in [-0.3, -0.25) is 0 Å². The van der Waals surface area contributed by atoms with Gasteiger partial charge in [0.1, 0.15) is 11.5 Å². The third-order valence-corrected chi connectivity index (χ3v) is 11.1. The molecule has 2 heterocycles. The molecule has 4 rings (SSSR count). The van der Waals surface area contributed by atoms with E-state index in [1.807, 2.05) is 13.8 Å². The summed E-state index contributed by atoms with van der Waals surface area (Å²) in [7, 11) is -7.09. The molecular formula is C26H36N2O5S2. The molecule has 2 atom stereocenters. The smallest absolute Gasteiger partial charge is 0.243 e. The van der Waals surface area contributed by atoms with E-state index in [0.29, 0.717) is 24.6 Å². The number of ether oxygens (including phenoxy) is 1. The van der Waals surface area contributed by atoms with Crippen LogP contribution in [-0.4, -0.2) is 50.6 Å². The number of sulfonamides is 2. The Morgan fingerprint density at radius 1 is 0.657 bits per heavy atom. The average molecular weight is 521 g/mol. The SMILES string of the molecule is CC[C@@H]1CCCCN1S(=O)(=O)c1ccc(Oc2ccc(S(=O)(=O)N3CCCC[C@@H]3CC)cc2)cc1. The summed E-state index contributed by atoms with van der Waals surface area (Å²) in [5.74, 6) is 0.986. The Labute approximate surface area is 210 Å². The highest BCUT2D eigenvalue weighted by molar-refractivity contribution is 7.89. The van der Waals surface area contributed by atoms with Crippen LogP contribution in [0.25, 0.3) is 0 Å². The lowest BCUT2D eigenvalue weighted by Crippen LogP contribution is -2.43. The Balaban J connectivity index is 1.46. The number of hydrogen-bond acceptors (Lipinski definition) is 5. The fraction of sp³-hybridized carbons (Fsp3) is 0.538. The Morgan fingerprint density at radius 3 is 1.37 bits per heavy atom. The molecule has 0 aromatic heterocycles. The van der Waals surface area contributed by atoms with Gasteiger partial charge in [-0.05, 0) is 87.1 Å². The standard InChI is InChI=1S/C26H36N2O5S2/c1-3-21-9-5-7-19-27(21)34(29,30)25-15-11-23(12-16-25)33-24-13-17-26(18-14-24)35(31,32)28-20-8-6-10-22(28)4-2/h11-18,21-22H,3-10,19-20H2,1-2H3/t21-,22+. The first-order valence-corrected chi connectivity index (χ1v) is 15.6. The summed E-state index contributed by atoms with van der Waals surface area (Å²) in [5, 5.41) is 0. The van der Waals surface area contributed by atoms with E-state index in [1.165, 1.54) is 0 Å². The van der Waals surface area contributed by atoms with Crippen LogP contribution in [0.15, 0.2) is 58.3 Å². The van der Waals surface area contributed by atoms with Crippen LogP contribution < -0.4 is 4.74 Å². The summed E-state index contributed by atoms with van der Waals surface area (Å²) in [6.45, 7) is 5.18. The second-order valence-corrected chi connectivity index (χ2v) is 13.2. The zero-order valence-corrected chi connectivity index (χ0v) is 22.2. The Hall–Kier alpha value is -1.94. The van der Waals surface area contributed by atoms with Gasteiger partial charge in [-0.1, -0.05) is 26.7 Å². The highest BCUT2D eigenvalue weighted by atomic mass is 32.2. The second kappa shape index (κ2) is 11.0. The van der Waals surface area contributed by atoms with Crippen molar-refractivity contribution in [3.05, 3.63) is 48.5 Å². The van der Waals surface area contributed by atoms with E-state index in [2.05, 4.69) is 0 Å². The minimum Gasteiger partial charge on any atom is -0.457 e. The first-order chi connectivity index (χ1) is 16.8. The molecule has 0 aliphatic carbocycles. The van der Waals surface area contributed by atoms with Crippen LogP contribution >= 0.6 is 0 Å². The lowest BCUT2D eigenvalue weighted by molar-refractivity contribution is 0.246. The minimum absolute atomic E-state index is 0.0528. The number of rotatable bonds is 8. The average Bonchev–Trinajstić information content (AvgIpc) is 2.89. The molecule has 0 N–H and O–H groups in total. The van der Waals surface area contributed by atoms with Crippen molar-refractivity contribution < 1.29 is 21.6 Å². The molecule has 0 spiro atoms. The molecule has 2 aromatic rings. The Bertz CT molecular complexity index is 1100. The van der Waals surface area contributed by atoms with Gasteiger partial charge in [0.15, 0.2) is 0 Å². The van der Waals surface area contributed by atoms with Crippen LogP contribution in [-0.2, 0) is 20.0 Å². The second-order valence-electron chi connectivity index (χ2n) is 9.39. The lowest BCUT2D eigenvalue weighted by atomic mass is 10.0. The van der Waals surface area contributed by atoms with Crippen molar-refractivity contribution in [3.8, 4) is 11.5 Å². The van der Waals surface area contributed by atoms with Gasteiger partial charge in [-0.25, -0.2) is 16.8 Å². The summed E-state index contributed by atoms with van der Waals surface area (Å²) >= 11 is 0. The summed E-state index contributed by atoms with van der Waals surface area (Å²) in [6, 6.07) is 13.0. The fourth-order valence-electron chi connectivity index (χ4n) is 5.16. The Kier molecular flexibility index (Phi) is 8.20. The van der Waals surface area contributed by atoms with Crippen molar-refractivity contribution in [1.82, 2.24) is 8.61 Å². The van der Waals surface area contributed by atoms with Crippen molar-refractivity contribution >= 4 is 20.0 Å². The monoisotopic (exact) mass is 520 g/mol. The van der Waals surface area contributed by atoms with E-state index in [-0.39, 0.29) is 21.9 Å². The predicted molar refractivity (Wildman–Crippen MR) is 137 cm³/mol. The third-order valence-electron chi connectivity index (χ3n) is 7.19. The molecule has 2 saturated heterocycles. The molecule has 0 unspecified atom stereocenters. The van der Waals surface area contributed by atoms with Crippen molar-refractivity contribution in [2.24, 2.45) is 0 Å². The maximum atomic E-state index is 13.2. The quantitative estimate of drug-likeness (QED) is 0.466. The first-order valence-electron chi connectivity index (χ1n) is 12.7. The van der Waals surface area contributed by atoms with Crippen molar-refractivity contribution in [1.29, 1.82) is 0 Å². The number of piperidine rings is 2. The summed E-state index contributed by atoms with van der Waals surface area (Å²) in [5.41, 5.74) is 0. The lowest BCUT2D eigenvalue weighted by Gasteiger charge is -2.34. The van der Waals surface area contributed by atoms with Gasteiger partial charge < -0.3 is 4.74 Å². The molecular weight excluding hydrogens is 484 g/mol. The van der Waals surface area contributed by atoms with Crippen LogP contribution in [0, 0.1) is 0 Å². The van der Waals surface area contributed by atoms with Crippen LogP contribution in [0.1, 0.15) is 65.2 Å². The minimum atomic E-state index is -3.55. The molecule has 35 heavy (non-hydrogen) atoms. The predicted octanol–water partition coefficient (Wildman–Crippen LogP) is 5.39. The van der Waals surface area contributed by atoms with Crippen LogP contribution in [0.5, 0.6) is 11.5 Å². The van der Waals surface area contributed by atoms with Crippen LogP contribution in [0.4, 0.5) is 0 Å². The van der Waals surface area contributed by atoms with Gasteiger partial charge in [0.2, 0.25) is 20.0 Å². The molecule has 9 heteroatoms. The van der Waals surface area contributed by atoms with Crippen LogP contribution in [0.3, 0.4) is 0 Å². The first kappa shape index (κ1) is 26.1. The van der Waals surface area contributed by atoms with Crippen molar-refractivity contribution in [2.75, 3.05) is 13.1 Å². The Morgan fingerprint density at radius 2 is 1.03 bits per heavy atom. The van der Waals surface area contributed by atoms with Gasteiger partial charge >= 0.3 is 0 Å². The van der Waals surface area contributed by atoms with Gasteiger partial charge in [-0.15, -0.1) is 0 Å². The normalized spacial score (nSPS) is 22.7. The van der Waals surface area contributed by atoms with E-state index >= 15 is 0 Å². The zero-order valence-electron chi connectivity index (χ0n) is 20.6. The number of hydrogen-bond donors (Lipinski definition) is 0. The van der Waals surface area contributed by atoms with E-state index in [0.717, 1.165) is 51.4 Å². The molecule has 2 aliphatic rings. The molecule has 2 aliphatic heterocycles. The number of nitrogens with zero attached hydrogens (tertiary/aromatic N) is 2. The molecule has 192 valence electrons. The maximum absolute atomic E-state index is 13.2. The fourth-order valence-corrected chi connectivity index (χ4v) is 8.70. The van der Waals surface area contributed by atoms with Gasteiger partial charge in [0.05, 0.1) is 9.79 Å². The topological polar surface area (TPSA) is 84.0 Å². The molecule has 0 amide bonds. The van der Waals surface area contributed by atoms with Gasteiger partial charge in [0.25, 0.3) is 0 Å². The molecule has 0 saturated carbocycles. The largest absolute Gasteiger partial charge is 0.457 e. The van der Waals surface area contributed by atoms with E-state index < -0.39 is 20.0 Å². The van der Waals surface area contributed by atoms with Gasteiger partial charge in [0, 0.05) is 25.2 Å². The maximum Gasteiger partial charge on any atom is 0.243 e. The summed E-state index contributed by atoms with van der Waals surface area (Å²) in [4.78, 5) is 0.525. The van der Waals surface area contributed by atoms with Crippen molar-refractivity contribution in [3.63, 3.8) is 0 Å². The van der Waals surface area contributed by atoms with E-state index in [4.69, 9.17) is 4.74 Å². The molecule has 2 fully saturated rings.